The number of hydrogen-bond donors (Lipinski definition) is 0. The summed E-state index contributed by atoms with van der Waals surface area (Å²) in [6.07, 6.45) is 0.443. The third-order valence-corrected chi connectivity index (χ3v) is 6.30. The van der Waals surface area contributed by atoms with Crippen LogP contribution in [-0.2, 0) is 11.3 Å². The predicted molar refractivity (Wildman–Crippen MR) is 107 cm³/mol. The van der Waals surface area contributed by atoms with Gasteiger partial charge in [0.2, 0.25) is 5.91 Å². The van der Waals surface area contributed by atoms with E-state index in [1.54, 1.807) is 4.57 Å². The van der Waals surface area contributed by atoms with E-state index in [1.807, 2.05) is 32.9 Å². The van der Waals surface area contributed by atoms with Gasteiger partial charge in [0.15, 0.2) is 5.16 Å². The second-order valence-corrected chi connectivity index (χ2v) is 8.04. The van der Waals surface area contributed by atoms with E-state index in [9.17, 15) is 9.59 Å². The lowest BCUT2D eigenvalue weighted by Gasteiger charge is -2.20. The van der Waals surface area contributed by atoms with Crippen LogP contribution in [-0.4, -0.2) is 39.2 Å². The number of thiophene rings is 1. The van der Waals surface area contributed by atoms with E-state index < -0.39 is 0 Å². The maximum Gasteiger partial charge on any atom is 0.263 e. The molecular formula is C18H21N5O2S2. The van der Waals surface area contributed by atoms with Crippen LogP contribution in [0.1, 0.15) is 30.2 Å². The predicted octanol–water partition coefficient (Wildman–Crippen LogP) is 2.84. The number of nitrogens with zero attached hydrogens (tertiary/aromatic N) is 5. The first-order valence-corrected chi connectivity index (χ1v) is 10.4. The van der Waals surface area contributed by atoms with Crippen molar-refractivity contribution in [2.45, 2.75) is 45.3 Å². The minimum Gasteiger partial charge on any atom is -0.340 e. The summed E-state index contributed by atoms with van der Waals surface area (Å²) in [4.78, 5) is 33.2. The van der Waals surface area contributed by atoms with Crippen molar-refractivity contribution in [3.8, 4) is 12.1 Å². The first kappa shape index (κ1) is 20.9. The molecule has 0 unspecified atom stereocenters. The second-order valence-electron chi connectivity index (χ2n) is 5.89. The summed E-state index contributed by atoms with van der Waals surface area (Å²) in [5, 5.41) is 18.7. The van der Waals surface area contributed by atoms with Crippen LogP contribution in [0.4, 0.5) is 0 Å². The first-order valence-electron chi connectivity index (χ1n) is 8.59. The van der Waals surface area contributed by atoms with Gasteiger partial charge in [0, 0.05) is 24.5 Å². The summed E-state index contributed by atoms with van der Waals surface area (Å²) in [6.45, 7) is 6.84. The number of thioether (sulfide) groups is 1. The zero-order valence-corrected chi connectivity index (χ0v) is 17.2. The largest absolute Gasteiger partial charge is 0.340 e. The number of carbonyl (C=O) groups is 1. The molecule has 0 saturated carbocycles. The van der Waals surface area contributed by atoms with E-state index in [4.69, 9.17) is 10.5 Å². The van der Waals surface area contributed by atoms with Crippen molar-refractivity contribution in [2.75, 3.05) is 18.8 Å². The van der Waals surface area contributed by atoms with Crippen LogP contribution in [0.2, 0.25) is 0 Å². The lowest BCUT2D eigenvalue weighted by molar-refractivity contribution is -0.128. The minimum absolute atomic E-state index is 0.0786. The van der Waals surface area contributed by atoms with E-state index in [0.717, 1.165) is 10.4 Å². The highest BCUT2D eigenvalue weighted by atomic mass is 32.2. The van der Waals surface area contributed by atoms with Crippen LogP contribution in [0, 0.1) is 36.5 Å². The Hall–Kier alpha value is -2.36. The highest BCUT2D eigenvalue weighted by Gasteiger charge is 2.18. The number of aryl methyl sites for hydroxylation is 2. The highest BCUT2D eigenvalue weighted by molar-refractivity contribution is 7.99. The third kappa shape index (κ3) is 4.68. The molecule has 0 fully saturated rings. The number of fused-ring (bicyclic) bond motifs is 1. The Morgan fingerprint density at radius 3 is 2.44 bits per heavy atom. The molecule has 2 heterocycles. The molecule has 0 aliphatic heterocycles. The Morgan fingerprint density at radius 1 is 1.26 bits per heavy atom. The van der Waals surface area contributed by atoms with Crippen LogP contribution in [0.3, 0.4) is 0 Å². The molecule has 142 valence electrons. The van der Waals surface area contributed by atoms with Crippen molar-refractivity contribution >= 4 is 39.2 Å². The fourth-order valence-electron chi connectivity index (χ4n) is 2.65. The van der Waals surface area contributed by atoms with Crippen LogP contribution < -0.4 is 5.56 Å². The number of aromatic nitrogens is 2. The molecule has 2 aromatic heterocycles. The van der Waals surface area contributed by atoms with Crippen molar-refractivity contribution in [3.63, 3.8) is 0 Å². The molecule has 0 aliphatic rings. The molecule has 2 rings (SSSR count). The molecule has 2 aromatic rings. The van der Waals surface area contributed by atoms with Gasteiger partial charge in [0.05, 0.1) is 36.1 Å². The van der Waals surface area contributed by atoms with E-state index in [2.05, 4.69) is 4.98 Å². The highest BCUT2D eigenvalue weighted by Crippen LogP contribution is 2.28. The Morgan fingerprint density at radius 2 is 1.89 bits per heavy atom. The van der Waals surface area contributed by atoms with E-state index in [0.29, 0.717) is 35.0 Å². The molecule has 0 N–H and O–H groups in total. The SMILES string of the molecule is CCn1c(SCC(=O)N(CCC#N)CCC#N)nc2sc(C)c(C)c2c1=O. The van der Waals surface area contributed by atoms with Crippen molar-refractivity contribution in [1.29, 1.82) is 10.5 Å². The maximum absolute atomic E-state index is 12.8. The molecule has 0 aliphatic carbocycles. The molecule has 0 aromatic carbocycles. The zero-order valence-electron chi connectivity index (χ0n) is 15.6. The standard InChI is InChI=1S/C18H21N5O2S2/c1-4-23-17(25)15-12(2)13(3)27-16(15)21-18(23)26-11-14(24)22(9-5-7-19)10-6-8-20/h4-6,9-11H2,1-3H3. The molecule has 0 radical (unpaired) electrons. The van der Waals surface area contributed by atoms with Crippen LogP contribution in [0.25, 0.3) is 10.2 Å². The van der Waals surface area contributed by atoms with Gasteiger partial charge in [-0.1, -0.05) is 11.8 Å². The topological polar surface area (TPSA) is 103 Å². The molecule has 7 nitrogen and oxygen atoms in total. The Balaban J connectivity index is 2.25. The summed E-state index contributed by atoms with van der Waals surface area (Å²) in [5.74, 6) is -0.0564. The van der Waals surface area contributed by atoms with Crippen LogP contribution in [0.15, 0.2) is 9.95 Å². The molecule has 0 saturated heterocycles. The van der Waals surface area contributed by atoms with Gasteiger partial charge in [-0.3, -0.25) is 14.2 Å². The first-order chi connectivity index (χ1) is 12.9. The monoisotopic (exact) mass is 403 g/mol. The van der Waals surface area contributed by atoms with Gasteiger partial charge in [0.25, 0.3) is 5.56 Å². The number of amides is 1. The van der Waals surface area contributed by atoms with Crippen molar-refractivity contribution in [2.24, 2.45) is 0 Å². The van der Waals surface area contributed by atoms with Crippen LogP contribution >= 0.6 is 23.1 Å². The van der Waals surface area contributed by atoms with Gasteiger partial charge in [-0.15, -0.1) is 11.3 Å². The normalized spacial score (nSPS) is 10.6. The van der Waals surface area contributed by atoms with Gasteiger partial charge >= 0.3 is 0 Å². The van der Waals surface area contributed by atoms with Crippen molar-refractivity contribution < 1.29 is 4.79 Å². The summed E-state index contributed by atoms with van der Waals surface area (Å²) in [6, 6.07) is 4.03. The van der Waals surface area contributed by atoms with Crippen molar-refractivity contribution in [3.05, 3.63) is 20.8 Å². The second kappa shape index (κ2) is 9.54. The number of nitriles is 2. The van der Waals surface area contributed by atoms with E-state index in [1.165, 1.54) is 28.0 Å². The smallest absolute Gasteiger partial charge is 0.263 e. The molecule has 0 atom stereocenters. The molecule has 27 heavy (non-hydrogen) atoms. The number of rotatable bonds is 8. The van der Waals surface area contributed by atoms with Gasteiger partial charge in [-0.2, -0.15) is 10.5 Å². The van der Waals surface area contributed by atoms with E-state index >= 15 is 0 Å². The zero-order chi connectivity index (χ0) is 20.0. The molecule has 1 amide bonds. The summed E-state index contributed by atoms with van der Waals surface area (Å²) in [5.41, 5.74) is 0.881. The Labute approximate surface area is 166 Å². The van der Waals surface area contributed by atoms with Gasteiger partial charge in [-0.05, 0) is 26.3 Å². The third-order valence-electron chi connectivity index (χ3n) is 4.23. The average molecular weight is 404 g/mol. The van der Waals surface area contributed by atoms with Crippen molar-refractivity contribution in [1.82, 2.24) is 14.5 Å². The van der Waals surface area contributed by atoms with Gasteiger partial charge in [0.1, 0.15) is 4.83 Å². The average Bonchev–Trinajstić information content (AvgIpc) is 2.94. The molecule has 0 spiro atoms. The Bertz CT molecular complexity index is 963. The van der Waals surface area contributed by atoms with Gasteiger partial charge < -0.3 is 4.90 Å². The fourth-order valence-corrected chi connectivity index (χ4v) is 4.68. The fraction of sp³-hybridized carbons (Fsp3) is 0.500. The lowest BCUT2D eigenvalue weighted by atomic mass is 10.2. The summed E-state index contributed by atoms with van der Waals surface area (Å²) in [7, 11) is 0. The molecule has 9 heteroatoms. The number of hydrogen-bond acceptors (Lipinski definition) is 7. The maximum atomic E-state index is 12.8. The van der Waals surface area contributed by atoms with Gasteiger partial charge in [-0.25, -0.2) is 4.98 Å². The quantitative estimate of drug-likeness (QED) is 0.496. The molecular weight excluding hydrogens is 382 g/mol. The molecule has 0 bridgehead atoms. The summed E-state index contributed by atoms with van der Waals surface area (Å²) >= 11 is 2.70. The minimum atomic E-state index is -0.166. The summed E-state index contributed by atoms with van der Waals surface area (Å²) < 4.78 is 1.59. The Kier molecular flexibility index (Phi) is 7.40. The van der Waals surface area contributed by atoms with E-state index in [-0.39, 0.29) is 30.1 Å². The number of carbonyl (C=O) groups excluding carboxylic acids is 1. The van der Waals surface area contributed by atoms with Crippen LogP contribution in [0.5, 0.6) is 0 Å². The lowest BCUT2D eigenvalue weighted by Crippen LogP contribution is -2.34.